The molecule has 0 radical (unpaired) electrons. The maximum Gasteiger partial charge on any atom is 0.416 e. The van der Waals surface area contributed by atoms with E-state index >= 15 is 0 Å². The van der Waals surface area contributed by atoms with E-state index in [9.17, 15) is 23.2 Å². The summed E-state index contributed by atoms with van der Waals surface area (Å²) in [7, 11) is 0. The van der Waals surface area contributed by atoms with Gasteiger partial charge in [0.25, 0.3) is 5.56 Å². The van der Waals surface area contributed by atoms with E-state index in [0.717, 1.165) is 12.1 Å². The molecule has 0 spiro atoms. The summed E-state index contributed by atoms with van der Waals surface area (Å²) in [5, 5.41) is 15.4. The number of aryl methyl sites for hydroxylation is 1. The molecule has 1 aromatic carbocycles. The van der Waals surface area contributed by atoms with Crippen molar-refractivity contribution >= 4 is 11.0 Å². The minimum absolute atomic E-state index is 0.0679. The van der Waals surface area contributed by atoms with Gasteiger partial charge in [0.2, 0.25) is 0 Å². The molecule has 0 atom stereocenters. The Bertz CT molecular complexity index is 1060. The minimum atomic E-state index is -4.42. The first-order chi connectivity index (χ1) is 13.3. The van der Waals surface area contributed by atoms with Gasteiger partial charge in [-0.15, -0.1) is 0 Å². The molecule has 10 heteroatoms. The normalized spacial score (nSPS) is 16.8. The first kappa shape index (κ1) is 18.6. The molecule has 28 heavy (non-hydrogen) atoms. The lowest BCUT2D eigenvalue weighted by atomic mass is 10.1. The molecule has 0 aliphatic carbocycles. The third kappa shape index (κ3) is 3.18. The van der Waals surface area contributed by atoms with Gasteiger partial charge in [-0.25, -0.2) is 9.67 Å². The smallest absolute Gasteiger partial charge is 0.314 e. The molecule has 0 bridgehead atoms. The van der Waals surface area contributed by atoms with E-state index in [1.165, 1.54) is 28.2 Å². The Morgan fingerprint density at radius 1 is 1.14 bits per heavy atom. The summed E-state index contributed by atoms with van der Waals surface area (Å²) in [6.07, 6.45) is -1.73. The Kier molecular flexibility index (Phi) is 4.47. The second kappa shape index (κ2) is 6.71. The van der Waals surface area contributed by atoms with Gasteiger partial charge in [0.05, 0.1) is 16.9 Å². The fourth-order valence-corrected chi connectivity index (χ4v) is 3.55. The average molecular weight is 393 g/mol. The van der Waals surface area contributed by atoms with Crippen molar-refractivity contribution in [1.29, 1.82) is 0 Å². The fourth-order valence-electron chi connectivity index (χ4n) is 3.55. The van der Waals surface area contributed by atoms with Crippen LogP contribution < -0.4 is 5.56 Å². The van der Waals surface area contributed by atoms with Crippen LogP contribution in [0.2, 0.25) is 0 Å². The second-order valence-electron chi connectivity index (χ2n) is 6.88. The molecule has 1 fully saturated rings. The number of hydroxylamine groups is 2. The molecule has 3 aromatic rings. The maximum atomic E-state index is 13.0. The number of rotatable bonds is 2. The molecule has 1 saturated heterocycles. The minimum Gasteiger partial charge on any atom is -0.314 e. The van der Waals surface area contributed by atoms with Crippen LogP contribution in [0.4, 0.5) is 13.2 Å². The molecule has 0 amide bonds. The Labute approximate surface area is 157 Å². The number of piperidine rings is 1. The van der Waals surface area contributed by atoms with Crippen LogP contribution in [0.3, 0.4) is 0 Å². The van der Waals surface area contributed by atoms with E-state index in [4.69, 9.17) is 0 Å². The molecule has 7 nitrogen and oxygen atoms in total. The van der Waals surface area contributed by atoms with Crippen molar-refractivity contribution in [2.45, 2.75) is 32.0 Å². The Morgan fingerprint density at radius 2 is 1.79 bits per heavy atom. The standard InChI is InChI=1S/C18H18F3N5O2/c1-11-15-16(22-10-25(17(15)27)13-6-8-24(28)9-7-13)26(23-11)14-4-2-12(3-5-14)18(19,20)21/h2-5,10,13,28H,6-9H2,1H3. The van der Waals surface area contributed by atoms with E-state index in [1.54, 1.807) is 11.5 Å². The third-order valence-electron chi connectivity index (χ3n) is 5.06. The van der Waals surface area contributed by atoms with Crippen LogP contribution >= 0.6 is 0 Å². The first-order valence-corrected chi connectivity index (χ1v) is 8.83. The molecule has 4 rings (SSSR count). The Balaban J connectivity index is 1.76. The second-order valence-corrected chi connectivity index (χ2v) is 6.88. The predicted molar refractivity (Wildman–Crippen MR) is 94.5 cm³/mol. The zero-order valence-electron chi connectivity index (χ0n) is 15.0. The average Bonchev–Trinajstić information content (AvgIpc) is 3.00. The largest absolute Gasteiger partial charge is 0.416 e. The quantitative estimate of drug-likeness (QED) is 0.725. The summed E-state index contributed by atoms with van der Waals surface area (Å²) in [6.45, 7) is 2.62. The summed E-state index contributed by atoms with van der Waals surface area (Å²) >= 11 is 0. The Morgan fingerprint density at radius 3 is 2.39 bits per heavy atom. The molecule has 3 heterocycles. The van der Waals surface area contributed by atoms with Crippen molar-refractivity contribution in [2.75, 3.05) is 13.1 Å². The maximum absolute atomic E-state index is 13.0. The molecule has 0 saturated carbocycles. The summed E-state index contributed by atoms with van der Waals surface area (Å²) in [5.74, 6) is 0. The molecule has 1 aliphatic rings. The van der Waals surface area contributed by atoms with Gasteiger partial charge in [0, 0.05) is 19.1 Å². The van der Waals surface area contributed by atoms with Crippen molar-refractivity contribution in [3.63, 3.8) is 0 Å². The summed E-state index contributed by atoms with van der Waals surface area (Å²) in [5.41, 5.74) is 0.163. The zero-order chi connectivity index (χ0) is 20.1. The van der Waals surface area contributed by atoms with Crippen molar-refractivity contribution < 1.29 is 18.4 Å². The monoisotopic (exact) mass is 393 g/mol. The van der Waals surface area contributed by atoms with Gasteiger partial charge in [0.1, 0.15) is 11.7 Å². The van der Waals surface area contributed by atoms with Gasteiger partial charge in [-0.3, -0.25) is 9.36 Å². The summed E-state index contributed by atoms with van der Waals surface area (Å²) in [6, 6.07) is 4.49. The van der Waals surface area contributed by atoms with Gasteiger partial charge in [-0.2, -0.15) is 23.3 Å². The molecule has 1 aliphatic heterocycles. The van der Waals surface area contributed by atoms with Crippen molar-refractivity contribution in [1.82, 2.24) is 24.4 Å². The number of alkyl halides is 3. The summed E-state index contributed by atoms with van der Waals surface area (Å²) in [4.78, 5) is 17.4. The van der Waals surface area contributed by atoms with E-state index in [2.05, 4.69) is 10.1 Å². The molecule has 2 aromatic heterocycles. The predicted octanol–water partition coefficient (Wildman–Crippen LogP) is 2.94. The number of hydrogen-bond donors (Lipinski definition) is 1. The van der Waals surface area contributed by atoms with E-state index in [1.807, 2.05) is 0 Å². The lowest BCUT2D eigenvalue weighted by molar-refractivity contribution is -0.137. The highest BCUT2D eigenvalue weighted by atomic mass is 19.4. The summed E-state index contributed by atoms with van der Waals surface area (Å²) < 4.78 is 41.3. The van der Waals surface area contributed by atoms with Gasteiger partial charge in [0.15, 0.2) is 5.65 Å². The van der Waals surface area contributed by atoms with Gasteiger partial charge in [-0.1, -0.05) is 0 Å². The fraction of sp³-hybridized carbons (Fsp3) is 0.389. The van der Waals surface area contributed by atoms with Gasteiger partial charge >= 0.3 is 6.18 Å². The molecular weight excluding hydrogens is 375 g/mol. The van der Waals surface area contributed by atoms with Gasteiger partial charge in [-0.05, 0) is 44.0 Å². The highest BCUT2D eigenvalue weighted by molar-refractivity contribution is 5.78. The van der Waals surface area contributed by atoms with Crippen molar-refractivity contribution in [3.05, 3.63) is 52.2 Å². The van der Waals surface area contributed by atoms with E-state index in [0.29, 0.717) is 48.3 Å². The van der Waals surface area contributed by atoms with Gasteiger partial charge < -0.3 is 5.21 Å². The van der Waals surface area contributed by atoms with Crippen LogP contribution in [0.5, 0.6) is 0 Å². The number of hydrogen-bond acceptors (Lipinski definition) is 5. The lowest BCUT2D eigenvalue weighted by Crippen LogP contribution is -2.35. The van der Waals surface area contributed by atoms with Crippen LogP contribution in [-0.2, 0) is 6.18 Å². The lowest BCUT2D eigenvalue weighted by Gasteiger charge is -2.28. The number of benzene rings is 1. The number of fused-ring (bicyclic) bond motifs is 1. The molecular formula is C18H18F3N5O2. The molecule has 0 unspecified atom stereocenters. The highest BCUT2D eigenvalue weighted by Crippen LogP contribution is 2.30. The number of halogens is 3. The third-order valence-corrected chi connectivity index (χ3v) is 5.06. The van der Waals surface area contributed by atoms with Crippen LogP contribution in [0.1, 0.15) is 30.1 Å². The Hall–Kier alpha value is -2.72. The van der Waals surface area contributed by atoms with Crippen LogP contribution in [0, 0.1) is 6.92 Å². The number of aromatic nitrogens is 4. The zero-order valence-corrected chi connectivity index (χ0v) is 15.0. The van der Waals surface area contributed by atoms with Crippen LogP contribution in [0.15, 0.2) is 35.4 Å². The topological polar surface area (TPSA) is 76.2 Å². The van der Waals surface area contributed by atoms with E-state index < -0.39 is 11.7 Å². The molecule has 1 N–H and O–H groups in total. The van der Waals surface area contributed by atoms with Crippen LogP contribution in [0.25, 0.3) is 16.7 Å². The SMILES string of the molecule is Cc1nn(-c2ccc(C(F)(F)F)cc2)c2ncn(C3CCN(O)CC3)c(=O)c12. The van der Waals surface area contributed by atoms with Crippen molar-refractivity contribution in [3.8, 4) is 5.69 Å². The first-order valence-electron chi connectivity index (χ1n) is 8.83. The van der Waals surface area contributed by atoms with E-state index in [-0.39, 0.29) is 11.6 Å². The van der Waals surface area contributed by atoms with Crippen molar-refractivity contribution in [2.24, 2.45) is 0 Å². The molecule has 148 valence electrons. The highest BCUT2D eigenvalue weighted by Gasteiger charge is 2.30. The number of nitrogens with zero attached hydrogens (tertiary/aromatic N) is 5. The van der Waals surface area contributed by atoms with Crippen LogP contribution in [-0.4, -0.2) is 42.7 Å².